The second-order valence-electron chi connectivity index (χ2n) is 7.46. The molecule has 0 unspecified atom stereocenters. The first-order chi connectivity index (χ1) is 15.0. The van der Waals surface area contributed by atoms with Crippen molar-refractivity contribution in [2.45, 2.75) is 19.6 Å². The number of fused-ring (bicyclic) bond motifs is 1. The molecule has 31 heavy (non-hydrogen) atoms. The van der Waals surface area contributed by atoms with Gasteiger partial charge in [0.2, 0.25) is 0 Å². The Kier molecular flexibility index (Phi) is 5.71. The summed E-state index contributed by atoms with van der Waals surface area (Å²) >= 11 is 0. The maximum absolute atomic E-state index is 13.5. The van der Waals surface area contributed by atoms with Gasteiger partial charge in [-0.05, 0) is 30.7 Å². The first kappa shape index (κ1) is 20.6. The monoisotopic (exact) mass is 418 g/mol. The van der Waals surface area contributed by atoms with Crippen molar-refractivity contribution in [2.75, 3.05) is 26.6 Å². The van der Waals surface area contributed by atoms with Crippen LogP contribution in [0.3, 0.4) is 0 Å². The third-order valence-corrected chi connectivity index (χ3v) is 5.53. The van der Waals surface area contributed by atoms with E-state index in [1.165, 1.54) is 5.56 Å². The van der Waals surface area contributed by atoms with E-state index in [0.29, 0.717) is 29.4 Å². The fourth-order valence-corrected chi connectivity index (χ4v) is 3.86. The van der Waals surface area contributed by atoms with E-state index < -0.39 is 6.17 Å². The molecule has 6 nitrogen and oxygen atoms in total. The molecule has 0 saturated carbocycles. The molecule has 0 radical (unpaired) electrons. The number of aryl methyl sites for hydroxylation is 1. The third-order valence-electron chi connectivity index (χ3n) is 5.53. The Morgan fingerprint density at radius 3 is 2.19 bits per heavy atom. The summed E-state index contributed by atoms with van der Waals surface area (Å²) in [6.07, 6.45) is -0.446. The van der Waals surface area contributed by atoms with Gasteiger partial charge in [-0.15, -0.1) is 0 Å². The van der Waals surface area contributed by atoms with E-state index in [0.717, 1.165) is 16.8 Å². The minimum absolute atomic E-state index is 0.0447. The summed E-state index contributed by atoms with van der Waals surface area (Å²) in [6.45, 7) is 2.49. The lowest BCUT2D eigenvalue weighted by molar-refractivity contribution is 0.0664. The van der Waals surface area contributed by atoms with Gasteiger partial charge < -0.3 is 24.4 Å². The molecule has 4 rings (SSSR count). The van der Waals surface area contributed by atoms with Crippen molar-refractivity contribution in [1.29, 1.82) is 0 Å². The Balaban J connectivity index is 1.83. The number of nitrogens with one attached hydrogen (secondary N) is 1. The summed E-state index contributed by atoms with van der Waals surface area (Å²) in [5.74, 6) is 1.70. The van der Waals surface area contributed by atoms with E-state index in [1.54, 1.807) is 27.4 Å². The number of ether oxygens (including phenoxy) is 3. The van der Waals surface area contributed by atoms with Gasteiger partial charge in [-0.25, -0.2) is 0 Å². The zero-order valence-electron chi connectivity index (χ0n) is 18.1. The van der Waals surface area contributed by atoms with E-state index in [-0.39, 0.29) is 5.91 Å². The summed E-state index contributed by atoms with van der Waals surface area (Å²) < 4.78 is 16.6. The van der Waals surface area contributed by atoms with Gasteiger partial charge in [0.15, 0.2) is 11.5 Å². The maximum Gasteiger partial charge on any atom is 0.258 e. The van der Waals surface area contributed by atoms with Gasteiger partial charge in [0.25, 0.3) is 5.91 Å². The molecule has 1 aliphatic rings. The van der Waals surface area contributed by atoms with E-state index in [2.05, 4.69) is 17.4 Å². The number of carbonyl (C=O) groups is 1. The van der Waals surface area contributed by atoms with Crippen molar-refractivity contribution in [1.82, 2.24) is 4.90 Å². The van der Waals surface area contributed by atoms with Gasteiger partial charge in [0, 0.05) is 23.9 Å². The Hall–Kier alpha value is -3.67. The predicted molar refractivity (Wildman–Crippen MR) is 120 cm³/mol. The number of carbonyl (C=O) groups excluding carboxylic acids is 1. The number of hydrogen-bond donors (Lipinski definition) is 1. The lowest BCUT2D eigenvalue weighted by Crippen LogP contribution is -2.42. The van der Waals surface area contributed by atoms with Gasteiger partial charge in [-0.1, -0.05) is 42.0 Å². The van der Waals surface area contributed by atoms with Crippen molar-refractivity contribution in [3.63, 3.8) is 0 Å². The molecular weight excluding hydrogens is 392 g/mol. The first-order valence-electron chi connectivity index (χ1n) is 10.1. The van der Waals surface area contributed by atoms with Crippen LogP contribution in [0.25, 0.3) is 0 Å². The zero-order valence-corrected chi connectivity index (χ0v) is 18.1. The van der Waals surface area contributed by atoms with Gasteiger partial charge in [-0.3, -0.25) is 4.79 Å². The fourth-order valence-electron chi connectivity index (χ4n) is 3.86. The van der Waals surface area contributed by atoms with E-state index in [9.17, 15) is 4.79 Å². The standard InChI is InChI=1S/C25H26N2O4/c1-16-9-11-17(12-10-16)15-27-24(26-20-8-6-5-7-18(20)25(27)28)19-13-22(30-3)23(31-4)14-21(19)29-2/h5-14,24,26H,15H2,1-4H3/t24-/m1/s1. The summed E-state index contributed by atoms with van der Waals surface area (Å²) in [7, 11) is 4.78. The van der Waals surface area contributed by atoms with Gasteiger partial charge in [0.1, 0.15) is 11.9 Å². The smallest absolute Gasteiger partial charge is 0.258 e. The summed E-state index contributed by atoms with van der Waals surface area (Å²) in [5, 5.41) is 3.52. The van der Waals surface area contributed by atoms with Gasteiger partial charge >= 0.3 is 0 Å². The highest BCUT2D eigenvalue weighted by atomic mass is 16.5. The van der Waals surface area contributed by atoms with Crippen molar-refractivity contribution >= 4 is 11.6 Å². The largest absolute Gasteiger partial charge is 0.496 e. The average Bonchev–Trinajstić information content (AvgIpc) is 2.81. The number of benzene rings is 3. The number of para-hydroxylation sites is 1. The van der Waals surface area contributed by atoms with Crippen LogP contribution in [-0.4, -0.2) is 32.1 Å². The predicted octanol–water partition coefficient (Wildman–Crippen LogP) is 4.79. The lowest BCUT2D eigenvalue weighted by Gasteiger charge is -2.39. The van der Waals surface area contributed by atoms with Crippen LogP contribution in [0.5, 0.6) is 17.2 Å². The molecule has 0 aliphatic carbocycles. The SMILES string of the molecule is COc1cc(OC)c([C@@H]2Nc3ccccc3C(=O)N2Cc2ccc(C)cc2)cc1OC. The molecule has 0 bridgehead atoms. The minimum Gasteiger partial charge on any atom is -0.496 e. The molecule has 1 amide bonds. The quantitative estimate of drug-likeness (QED) is 0.624. The molecule has 160 valence electrons. The van der Waals surface area contributed by atoms with Crippen LogP contribution in [0.1, 0.15) is 33.2 Å². The van der Waals surface area contributed by atoms with Crippen LogP contribution in [-0.2, 0) is 6.54 Å². The van der Waals surface area contributed by atoms with Crippen LogP contribution in [0, 0.1) is 6.92 Å². The molecule has 1 N–H and O–H groups in total. The minimum atomic E-state index is -0.446. The first-order valence-corrected chi connectivity index (χ1v) is 10.1. The van der Waals surface area contributed by atoms with Crippen LogP contribution < -0.4 is 19.5 Å². The lowest BCUT2D eigenvalue weighted by atomic mass is 10.0. The Morgan fingerprint density at radius 1 is 0.871 bits per heavy atom. The third kappa shape index (κ3) is 3.89. The van der Waals surface area contributed by atoms with Crippen LogP contribution in [0.4, 0.5) is 5.69 Å². The number of hydrogen-bond acceptors (Lipinski definition) is 5. The van der Waals surface area contributed by atoms with Crippen LogP contribution >= 0.6 is 0 Å². The molecule has 0 fully saturated rings. The van der Waals surface area contributed by atoms with E-state index >= 15 is 0 Å². The summed E-state index contributed by atoms with van der Waals surface area (Å²) in [5.41, 5.74) is 4.44. The van der Waals surface area contributed by atoms with E-state index in [1.807, 2.05) is 54.3 Å². The number of rotatable bonds is 6. The van der Waals surface area contributed by atoms with Crippen molar-refractivity contribution in [2.24, 2.45) is 0 Å². The van der Waals surface area contributed by atoms with Gasteiger partial charge in [0.05, 0.1) is 26.9 Å². The number of nitrogens with zero attached hydrogens (tertiary/aromatic N) is 1. The highest BCUT2D eigenvalue weighted by molar-refractivity contribution is 6.01. The van der Waals surface area contributed by atoms with Crippen molar-refractivity contribution in [3.8, 4) is 17.2 Å². The Bertz CT molecular complexity index is 1100. The fraction of sp³-hybridized carbons (Fsp3) is 0.240. The molecule has 1 aliphatic heterocycles. The maximum atomic E-state index is 13.5. The highest BCUT2D eigenvalue weighted by Crippen LogP contribution is 2.42. The molecule has 0 saturated heterocycles. The van der Waals surface area contributed by atoms with Crippen molar-refractivity contribution < 1.29 is 19.0 Å². The van der Waals surface area contributed by atoms with Crippen LogP contribution in [0.15, 0.2) is 60.7 Å². The summed E-state index contributed by atoms with van der Waals surface area (Å²) in [6, 6.07) is 19.4. The number of amides is 1. The second kappa shape index (κ2) is 8.60. The molecule has 3 aromatic rings. The van der Waals surface area contributed by atoms with Crippen molar-refractivity contribution in [3.05, 3.63) is 82.9 Å². The number of anilines is 1. The number of methoxy groups -OCH3 is 3. The van der Waals surface area contributed by atoms with Crippen LogP contribution in [0.2, 0.25) is 0 Å². The molecule has 0 aromatic heterocycles. The molecular formula is C25H26N2O4. The van der Waals surface area contributed by atoms with Gasteiger partial charge in [-0.2, -0.15) is 0 Å². The molecule has 6 heteroatoms. The topological polar surface area (TPSA) is 60.0 Å². The molecule has 3 aromatic carbocycles. The zero-order chi connectivity index (χ0) is 22.0. The summed E-state index contributed by atoms with van der Waals surface area (Å²) in [4.78, 5) is 15.4. The molecule has 0 spiro atoms. The average molecular weight is 418 g/mol. The Labute approximate surface area is 182 Å². The highest BCUT2D eigenvalue weighted by Gasteiger charge is 2.35. The molecule has 1 heterocycles. The second-order valence-corrected chi connectivity index (χ2v) is 7.46. The van der Waals surface area contributed by atoms with E-state index in [4.69, 9.17) is 14.2 Å². The Morgan fingerprint density at radius 2 is 1.52 bits per heavy atom. The normalized spacial score (nSPS) is 15.2. The molecule has 1 atom stereocenters.